The minimum atomic E-state index is -3.95. The maximum Gasteiger partial charge on any atom is 0.268 e. The topological polar surface area (TPSA) is 39.1 Å². The number of aryl methyl sites for hydroxylation is 1. The van der Waals surface area contributed by atoms with Crippen molar-refractivity contribution in [3.05, 3.63) is 135 Å². The minimum Gasteiger partial charge on any atom is -0.232 e. The zero-order valence-corrected chi connectivity index (χ0v) is 28.2. The van der Waals surface area contributed by atoms with Gasteiger partial charge in [-0.05, 0) is 72.5 Å². The van der Waals surface area contributed by atoms with E-state index in [4.69, 9.17) is 46.4 Å². The Balaban J connectivity index is 0.000000830. The predicted octanol–water partition coefficient (Wildman–Crippen LogP) is 10.4. The average Bonchev–Trinajstić information content (AvgIpc) is 3.30. The van der Waals surface area contributed by atoms with Crippen LogP contribution in [0.15, 0.2) is 123 Å². The zero-order valence-electron chi connectivity index (χ0n) is 21.9. The summed E-state index contributed by atoms with van der Waals surface area (Å²) in [5.41, 5.74) is 2.53. The molecule has 0 saturated heterocycles. The maximum absolute atomic E-state index is 14.4. The number of nitrogens with zero attached hydrogens (tertiary/aromatic N) is 1. The van der Waals surface area contributed by atoms with Crippen LogP contribution in [-0.4, -0.2) is 16.7 Å². The van der Waals surface area contributed by atoms with Crippen LogP contribution < -0.4 is 5.35 Å². The molecule has 0 spiro atoms. The molecule has 0 saturated carbocycles. The minimum absolute atomic E-state index is 0.245. The van der Waals surface area contributed by atoms with E-state index in [9.17, 15) is 8.42 Å². The summed E-state index contributed by atoms with van der Waals surface area (Å²) >= 11 is 25.7. The van der Waals surface area contributed by atoms with Gasteiger partial charge in [0.15, 0.2) is 4.30 Å². The molecule has 0 radical (unpaired) electrons. The Hall–Kier alpha value is -2.16. The summed E-state index contributed by atoms with van der Waals surface area (Å²) in [4.78, 5) is 2.05. The Morgan fingerprint density at radius 3 is 2.02 bits per heavy atom. The number of aromatic nitrogens is 1. The normalized spacial score (nSPS) is 12.5. The van der Waals surface area contributed by atoms with Gasteiger partial charge in [-0.15, -0.1) is 0 Å². The Morgan fingerprint density at radius 1 is 0.810 bits per heavy atom. The van der Waals surface area contributed by atoms with Crippen molar-refractivity contribution in [2.24, 2.45) is 0 Å². The van der Waals surface area contributed by atoms with Gasteiger partial charge in [-0.2, -0.15) is 0 Å². The fourth-order valence-corrected chi connectivity index (χ4v) is 7.70. The molecular weight excluding hydrogens is 716 g/mol. The Morgan fingerprint density at radius 2 is 1.40 bits per heavy atom. The van der Waals surface area contributed by atoms with Gasteiger partial charge in [0.2, 0.25) is 0 Å². The van der Waals surface area contributed by atoms with Crippen LogP contribution in [0.3, 0.4) is 0 Å². The highest BCUT2D eigenvalue weighted by molar-refractivity contribution is 9.10. The SMILES string of the molecule is Cc1ccc(S(=O)(=O)n2/c(=C(/Sc3ccc(Br)cc3)c3ccc(Cl)cc3)c3cccc4cccc2c43)cc1.ClC(Cl)Cl. The molecule has 0 N–H and O–H groups in total. The van der Waals surface area contributed by atoms with Crippen molar-refractivity contribution in [2.45, 2.75) is 21.0 Å². The van der Waals surface area contributed by atoms with E-state index in [0.717, 1.165) is 41.6 Å². The second-order valence-corrected chi connectivity index (χ2v) is 15.5. The fourth-order valence-electron chi connectivity index (χ4n) is 4.66. The van der Waals surface area contributed by atoms with E-state index < -0.39 is 14.3 Å². The first-order valence-electron chi connectivity index (χ1n) is 12.6. The first kappa shape index (κ1) is 31.3. The summed E-state index contributed by atoms with van der Waals surface area (Å²) in [6.45, 7) is 1.95. The third kappa shape index (κ3) is 6.66. The van der Waals surface area contributed by atoms with Crippen molar-refractivity contribution in [1.82, 2.24) is 3.97 Å². The van der Waals surface area contributed by atoms with Gasteiger partial charge in [-0.25, -0.2) is 12.4 Å². The van der Waals surface area contributed by atoms with E-state index in [0.29, 0.717) is 15.9 Å². The van der Waals surface area contributed by atoms with Crippen LogP contribution in [0, 0.1) is 6.92 Å². The molecule has 214 valence electrons. The van der Waals surface area contributed by atoms with Gasteiger partial charge in [0, 0.05) is 30.1 Å². The van der Waals surface area contributed by atoms with Crippen LogP contribution in [0.25, 0.3) is 26.6 Å². The summed E-state index contributed by atoms with van der Waals surface area (Å²) in [7, 11) is -3.95. The van der Waals surface area contributed by atoms with Crippen molar-refractivity contribution >= 4 is 111 Å². The molecule has 0 aliphatic carbocycles. The Bertz CT molecular complexity index is 2020. The molecule has 0 aliphatic heterocycles. The lowest BCUT2D eigenvalue weighted by Gasteiger charge is -2.13. The number of hydrogen-bond acceptors (Lipinski definition) is 3. The smallest absolute Gasteiger partial charge is 0.232 e. The van der Waals surface area contributed by atoms with Crippen LogP contribution in [-0.2, 0) is 10.0 Å². The number of thioether (sulfide) groups is 1. The van der Waals surface area contributed by atoms with E-state index in [1.807, 2.05) is 104 Å². The second-order valence-electron chi connectivity index (χ2n) is 9.25. The highest BCUT2D eigenvalue weighted by Crippen LogP contribution is 2.36. The first-order valence-corrected chi connectivity index (χ1v) is 17.3. The van der Waals surface area contributed by atoms with Gasteiger partial charge in [0.1, 0.15) is 0 Å². The molecule has 1 aromatic heterocycles. The molecule has 42 heavy (non-hydrogen) atoms. The van der Waals surface area contributed by atoms with Gasteiger partial charge >= 0.3 is 0 Å². The van der Waals surface area contributed by atoms with Crippen LogP contribution in [0.1, 0.15) is 11.1 Å². The largest absolute Gasteiger partial charge is 0.268 e. The summed E-state index contributed by atoms with van der Waals surface area (Å²) in [5.74, 6) is 0. The summed E-state index contributed by atoms with van der Waals surface area (Å²) in [6, 6.07) is 34.4. The van der Waals surface area contributed by atoms with Crippen molar-refractivity contribution in [1.29, 1.82) is 0 Å². The molecule has 0 unspecified atom stereocenters. The van der Waals surface area contributed by atoms with Gasteiger partial charge in [-0.3, -0.25) is 0 Å². The monoisotopic (exact) mass is 735 g/mol. The van der Waals surface area contributed by atoms with Crippen molar-refractivity contribution < 1.29 is 8.42 Å². The quantitative estimate of drug-likeness (QED) is 0.131. The lowest BCUT2D eigenvalue weighted by Crippen LogP contribution is -2.27. The van der Waals surface area contributed by atoms with Crippen LogP contribution in [0.4, 0.5) is 0 Å². The van der Waals surface area contributed by atoms with Gasteiger partial charge in [-0.1, -0.05) is 134 Å². The number of halogens is 5. The molecule has 0 atom stereocenters. The molecule has 6 aromatic rings. The highest BCUT2D eigenvalue weighted by Gasteiger charge is 2.25. The summed E-state index contributed by atoms with van der Waals surface area (Å²) in [6.07, 6.45) is 0. The van der Waals surface area contributed by atoms with Crippen molar-refractivity contribution in [3.8, 4) is 0 Å². The van der Waals surface area contributed by atoms with Crippen LogP contribution >= 0.6 is 74.1 Å². The number of rotatable bonds is 5. The van der Waals surface area contributed by atoms with Gasteiger partial charge in [0.05, 0.1) is 15.8 Å². The number of hydrogen-bond donors (Lipinski definition) is 0. The molecule has 0 amide bonds. The molecule has 3 nitrogen and oxygen atoms in total. The van der Waals surface area contributed by atoms with E-state index in [1.165, 1.54) is 15.7 Å². The van der Waals surface area contributed by atoms with Crippen molar-refractivity contribution in [2.75, 3.05) is 0 Å². The Kier molecular flexibility index (Phi) is 9.85. The van der Waals surface area contributed by atoms with Gasteiger partial charge in [0.25, 0.3) is 10.0 Å². The summed E-state index contributed by atoms with van der Waals surface area (Å²) < 4.78 is 30.6. The first-order chi connectivity index (χ1) is 20.1. The average molecular weight is 738 g/mol. The van der Waals surface area contributed by atoms with E-state index in [2.05, 4.69) is 15.9 Å². The third-order valence-corrected chi connectivity index (χ3v) is 10.1. The Labute approximate surface area is 277 Å². The van der Waals surface area contributed by atoms with Crippen LogP contribution in [0.2, 0.25) is 5.02 Å². The third-order valence-electron chi connectivity index (χ3n) is 6.47. The molecule has 10 heteroatoms. The lowest BCUT2D eigenvalue weighted by atomic mass is 10.1. The zero-order chi connectivity index (χ0) is 30.0. The molecule has 5 aromatic carbocycles. The number of alkyl halides is 3. The number of benzene rings is 5. The van der Waals surface area contributed by atoms with Crippen LogP contribution in [0.5, 0.6) is 0 Å². The highest BCUT2D eigenvalue weighted by atomic mass is 79.9. The molecular formula is C32H22BrCl4NO2S2. The van der Waals surface area contributed by atoms with E-state index in [-0.39, 0.29) is 4.90 Å². The molecule has 6 rings (SSSR count). The van der Waals surface area contributed by atoms with Crippen molar-refractivity contribution in [3.63, 3.8) is 0 Å². The molecule has 0 aliphatic rings. The summed E-state index contributed by atoms with van der Waals surface area (Å²) in [5, 5.41) is 4.04. The molecule has 0 bridgehead atoms. The lowest BCUT2D eigenvalue weighted by molar-refractivity contribution is 0.588. The molecule has 1 heterocycles. The second kappa shape index (κ2) is 13.2. The standard InChI is InChI=1S/C31H21BrClNO2S2.CHCl3/c1-20-8-18-26(19-9-20)38(35,36)34-28-7-3-5-21-4-2-6-27(29(21)28)30(34)31(22-10-14-24(33)15-11-22)37-25-16-12-23(32)13-17-25;2-1(3)4/h2-19H,1H3;1H/b31-30+;. The predicted molar refractivity (Wildman–Crippen MR) is 184 cm³/mol. The maximum atomic E-state index is 14.4. The van der Waals surface area contributed by atoms with Gasteiger partial charge < -0.3 is 0 Å². The van der Waals surface area contributed by atoms with E-state index >= 15 is 0 Å². The van der Waals surface area contributed by atoms with E-state index in [1.54, 1.807) is 12.1 Å². The molecule has 0 fully saturated rings. The fraction of sp³-hybridized carbons (Fsp3) is 0.0625.